The third kappa shape index (κ3) is 2.96. The molecule has 0 spiro atoms. The maximum atomic E-state index is 11.5. The van der Waals surface area contributed by atoms with Gasteiger partial charge in [-0.05, 0) is 30.9 Å². The highest BCUT2D eigenvalue weighted by Gasteiger charge is 2.13. The van der Waals surface area contributed by atoms with Crippen molar-refractivity contribution in [3.8, 4) is 0 Å². The molecule has 1 aromatic rings. The fourth-order valence-electron chi connectivity index (χ4n) is 1.01. The maximum Gasteiger partial charge on any atom is 0.313 e. The van der Waals surface area contributed by atoms with Crippen LogP contribution < -0.4 is 0 Å². The van der Waals surface area contributed by atoms with Gasteiger partial charge in [0.1, 0.15) is 6.42 Å². The first-order chi connectivity index (χ1) is 6.63. The summed E-state index contributed by atoms with van der Waals surface area (Å²) in [6.45, 7) is 3.95. The second-order valence-electron chi connectivity index (χ2n) is 2.89. The van der Waals surface area contributed by atoms with Crippen molar-refractivity contribution in [1.82, 2.24) is 0 Å². The van der Waals surface area contributed by atoms with Crippen LogP contribution in [-0.4, -0.2) is 18.4 Å². The first-order valence-electron chi connectivity index (χ1n) is 4.37. The molecular weight excluding hydrogens is 200 g/mol. The monoisotopic (exact) mass is 212 g/mol. The van der Waals surface area contributed by atoms with Gasteiger partial charge < -0.3 is 4.74 Å². The van der Waals surface area contributed by atoms with Crippen molar-refractivity contribution in [2.45, 2.75) is 20.3 Å². The van der Waals surface area contributed by atoms with Crippen molar-refractivity contribution in [2.24, 2.45) is 0 Å². The predicted octanol–water partition coefficient (Wildman–Crippen LogP) is 2.19. The fraction of sp³-hybridized carbons (Fsp3) is 0.400. The van der Waals surface area contributed by atoms with E-state index in [1.807, 2.05) is 12.3 Å². The number of esters is 1. The first-order valence-corrected chi connectivity index (χ1v) is 5.25. The summed E-state index contributed by atoms with van der Waals surface area (Å²) >= 11 is 1.36. The van der Waals surface area contributed by atoms with E-state index in [0.717, 1.165) is 5.56 Å². The van der Waals surface area contributed by atoms with Crippen molar-refractivity contribution in [1.29, 1.82) is 0 Å². The Labute approximate surface area is 86.7 Å². The van der Waals surface area contributed by atoms with E-state index in [9.17, 15) is 9.59 Å². The third-order valence-electron chi connectivity index (χ3n) is 1.62. The van der Waals surface area contributed by atoms with Gasteiger partial charge in [-0.1, -0.05) is 0 Å². The molecule has 0 aliphatic rings. The first kappa shape index (κ1) is 10.9. The average molecular weight is 212 g/mol. The summed E-state index contributed by atoms with van der Waals surface area (Å²) in [5.74, 6) is -0.620. The zero-order valence-corrected chi connectivity index (χ0v) is 9.02. The van der Waals surface area contributed by atoms with Crippen molar-refractivity contribution in [2.75, 3.05) is 6.61 Å². The minimum absolute atomic E-state index is 0.159. The Morgan fingerprint density at radius 2 is 2.21 bits per heavy atom. The van der Waals surface area contributed by atoms with E-state index in [4.69, 9.17) is 0 Å². The molecule has 0 aromatic carbocycles. The lowest BCUT2D eigenvalue weighted by molar-refractivity contribution is -0.141. The summed E-state index contributed by atoms with van der Waals surface area (Å²) in [5.41, 5.74) is 1.04. The van der Waals surface area contributed by atoms with Crippen molar-refractivity contribution in [3.63, 3.8) is 0 Å². The summed E-state index contributed by atoms with van der Waals surface area (Å²) in [6, 6.07) is 1.78. The second kappa shape index (κ2) is 4.91. The number of thiophene rings is 1. The molecule has 0 aliphatic heterocycles. The molecule has 0 atom stereocenters. The third-order valence-corrected chi connectivity index (χ3v) is 2.70. The Morgan fingerprint density at radius 1 is 1.50 bits per heavy atom. The number of hydrogen-bond acceptors (Lipinski definition) is 4. The van der Waals surface area contributed by atoms with Crippen LogP contribution in [0.25, 0.3) is 0 Å². The minimum atomic E-state index is -0.455. The van der Waals surface area contributed by atoms with Crippen LogP contribution in [0.3, 0.4) is 0 Å². The van der Waals surface area contributed by atoms with Gasteiger partial charge in [-0.2, -0.15) is 0 Å². The zero-order valence-electron chi connectivity index (χ0n) is 8.20. The molecule has 0 aliphatic carbocycles. The SMILES string of the molecule is CCOC(=O)CC(=O)c1cc(C)cs1. The van der Waals surface area contributed by atoms with Gasteiger partial charge in [-0.3, -0.25) is 9.59 Å². The van der Waals surface area contributed by atoms with Gasteiger partial charge in [0.25, 0.3) is 0 Å². The number of carbonyl (C=O) groups excluding carboxylic acids is 2. The van der Waals surface area contributed by atoms with Gasteiger partial charge in [-0.15, -0.1) is 11.3 Å². The molecule has 0 amide bonds. The molecule has 1 rings (SSSR count). The van der Waals surface area contributed by atoms with Gasteiger partial charge in [-0.25, -0.2) is 0 Å². The van der Waals surface area contributed by atoms with Crippen molar-refractivity contribution >= 4 is 23.1 Å². The molecular formula is C10H12O3S. The van der Waals surface area contributed by atoms with Crippen LogP contribution in [0.5, 0.6) is 0 Å². The fourth-order valence-corrected chi connectivity index (χ4v) is 1.85. The standard InChI is InChI=1S/C10H12O3S/c1-3-13-10(12)5-8(11)9-4-7(2)6-14-9/h4,6H,3,5H2,1-2H3. The van der Waals surface area contributed by atoms with Crippen LogP contribution in [0.4, 0.5) is 0 Å². The molecule has 0 fully saturated rings. The van der Waals surface area contributed by atoms with Crippen LogP contribution in [0.15, 0.2) is 11.4 Å². The lowest BCUT2D eigenvalue weighted by Crippen LogP contribution is -2.10. The van der Waals surface area contributed by atoms with Gasteiger partial charge >= 0.3 is 5.97 Å². The van der Waals surface area contributed by atoms with Crippen LogP contribution in [-0.2, 0) is 9.53 Å². The van der Waals surface area contributed by atoms with E-state index in [0.29, 0.717) is 11.5 Å². The second-order valence-corrected chi connectivity index (χ2v) is 3.80. The largest absolute Gasteiger partial charge is 0.466 e. The Hall–Kier alpha value is -1.16. The molecule has 0 bridgehead atoms. The predicted molar refractivity (Wildman–Crippen MR) is 54.6 cm³/mol. The van der Waals surface area contributed by atoms with Gasteiger partial charge in [0.15, 0.2) is 5.78 Å². The van der Waals surface area contributed by atoms with Gasteiger partial charge in [0, 0.05) is 0 Å². The number of hydrogen-bond donors (Lipinski definition) is 0. The molecule has 1 heterocycles. The van der Waals surface area contributed by atoms with Crippen LogP contribution in [0.1, 0.15) is 28.6 Å². The number of Topliss-reactive ketones (excluding diaryl/α,β-unsaturated/α-hetero) is 1. The molecule has 0 saturated heterocycles. The van der Waals surface area contributed by atoms with Crippen LogP contribution in [0, 0.1) is 6.92 Å². The molecule has 0 radical (unpaired) electrons. The van der Waals surface area contributed by atoms with Crippen LogP contribution in [0.2, 0.25) is 0 Å². The van der Waals surface area contributed by atoms with Gasteiger partial charge in [0.05, 0.1) is 11.5 Å². The molecule has 4 heteroatoms. The Kier molecular flexibility index (Phi) is 3.83. The van der Waals surface area contributed by atoms with Crippen molar-refractivity contribution < 1.29 is 14.3 Å². The normalized spacial score (nSPS) is 9.86. The minimum Gasteiger partial charge on any atom is -0.466 e. The Balaban J connectivity index is 2.55. The van der Waals surface area contributed by atoms with E-state index in [1.165, 1.54) is 11.3 Å². The highest BCUT2D eigenvalue weighted by atomic mass is 32.1. The quantitative estimate of drug-likeness (QED) is 0.436. The number of aryl methyl sites for hydroxylation is 1. The molecule has 1 aromatic heterocycles. The smallest absolute Gasteiger partial charge is 0.313 e. The molecule has 0 N–H and O–H groups in total. The van der Waals surface area contributed by atoms with Crippen LogP contribution >= 0.6 is 11.3 Å². The zero-order chi connectivity index (χ0) is 10.6. The molecule has 3 nitrogen and oxygen atoms in total. The number of rotatable bonds is 4. The lowest BCUT2D eigenvalue weighted by atomic mass is 10.2. The summed E-state index contributed by atoms with van der Waals surface area (Å²) in [5, 5.41) is 1.89. The number of carbonyl (C=O) groups is 2. The Bertz CT molecular complexity index is 341. The highest BCUT2D eigenvalue weighted by molar-refractivity contribution is 7.12. The molecule has 0 saturated carbocycles. The summed E-state index contributed by atoms with van der Waals surface area (Å²) in [4.78, 5) is 23.1. The number of ketones is 1. The molecule has 0 unspecified atom stereocenters. The molecule has 14 heavy (non-hydrogen) atoms. The van der Waals surface area contributed by atoms with E-state index in [-0.39, 0.29) is 12.2 Å². The average Bonchev–Trinajstić information content (AvgIpc) is 2.52. The maximum absolute atomic E-state index is 11.5. The number of ether oxygens (including phenoxy) is 1. The van der Waals surface area contributed by atoms with E-state index in [2.05, 4.69) is 4.74 Å². The van der Waals surface area contributed by atoms with Gasteiger partial charge in [0.2, 0.25) is 0 Å². The summed E-state index contributed by atoms with van der Waals surface area (Å²) in [6.07, 6.45) is -0.159. The summed E-state index contributed by atoms with van der Waals surface area (Å²) in [7, 11) is 0. The highest BCUT2D eigenvalue weighted by Crippen LogP contribution is 2.15. The summed E-state index contributed by atoms with van der Waals surface area (Å²) < 4.78 is 4.69. The molecule has 76 valence electrons. The van der Waals surface area contributed by atoms with Crippen molar-refractivity contribution in [3.05, 3.63) is 21.9 Å². The topological polar surface area (TPSA) is 43.4 Å². The lowest BCUT2D eigenvalue weighted by Gasteiger charge is -1.98. The van der Waals surface area contributed by atoms with E-state index in [1.54, 1.807) is 13.0 Å². The Morgan fingerprint density at radius 3 is 2.71 bits per heavy atom. The van der Waals surface area contributed by atoms with E-state index >= 15 is 0 Å². The van der Waals surface area contributed by atoms with E-state index < -0.39 is 5.97 Å².